The molecule has 3 N–H and O–H groups in total. The molecular weight excluding hydrogens is 402 g/mol. The molecule has 0 aliphatic heterocycles. The lowest BCUT2D eigenvalue weighted by molar-refractivity contribution is 0.0692. The van der Waals surface area contributed by atoms with E-state index in [1.165, 1.54) is 27.3 Å². The Hall–Kier alpha value is -3.69. The second-order valence-electron chi connectivity index (χ2n) is 8.28. The Morgan fingerprint density at radius 3 is 2.26 bits per heavy atom. The number of benzene rings is 1. The van der Waals surface area contributed by atoms with Gasteiger partial charge >= 0.3 is 11.7 Å². The number of rotatable bonds is 7. The normalized spacial score (nSPS) is 15.9. The van der Waals surface area contributed by atoms with Gasteiger partial charge in [0.15, 0.2) is 11.2 Å². The summed E-state index contributed by atoms with van der Waals surface area (Å²) in [5.74, 6) is -1.19. The molecule has 2 fully saturated rings. The monoisotopic (exact) mass is 423 g/mol. The summed E-state index contributed by atoms with van der Waals surface area (Å²) < 4.78 is 2.76. The zero-order valence-electron chi connectivity index (χ0n) is 16.6. The number of aromatic nitrogens is 4. The molecule has 2 aliphatic rings. The molecule has 160 valence electrons. The van der Waals surface area contributed by atoms with Crippen LogP contribution in [0, 0.1) is 11.8 Å². The number of nitrogens with one attached hydrogen (secondary N) is 2. The molecule has 10 nitrogen and oxygen atoms in total. The molecule has 0 atom stereocenters. The van der Waals surface area contributed by atoms with Crippen molar-refractivity contribution in [3.05, 3.63) is 56.2 Å². The number of H-pyrrole nitrogens is 1. The Morgan fingerprint density at radius 1 is 1.03 bits per heavy atom. The fraction of sp³-hybridized carbons (Fsp3) is 0.381. The van der Waals surface area contributed by atoms with Crippen molar-refractivity contribution >= 4 is 29.0 Å². The fourth-order valence-electron chi connectivity index (χ4n) is 3.71. The molecule has 0 spiro atoms. The summed E-state index contributed by atoms with van der Waals surface area (Å²) in [6.45, 7) is 0.853. The maximum Gasteiger partial charge on any atom is 0.336 e. The van der Waals surface area contributed by atoms with Crippen molar-refractivity contribution in [3.63, 3.8) is 0 Å². The van der Waals surface area contributed by atoms with Crippen LogP contribution in [-0.4, -0.2) is 36.1 Å². The molecule has 2 saturated carbocycles. The van der Waals surface area contributed by atoms with Gasteiger partial charge in [-0.25, -0.2) is 9.59 Å². The van der Waals surface area contributed by atoms with Gasteiger partial charge in [-0.15, -0.1) is 0 Å². The Kier molecular flexibility index (Phi) is 4.49. The summed E-state index contributed by atoms with van der Waals surface area (Å²) in [6, 6.07) is 5.82. The minimum absolute atomic E-state index is 0.00888. The zero-order valence-corrected chi connectivity index (χ0v) is 16.6. The second kappa shape index (κ2) is 7.22. The maximum atomic E-state index is 13.0. The molecule has 2 aromatic heterocycles. The van der Waals surface area contributed by atoms with E-state index in [9.17, 15) is 24.3 Å². The number of carbonyl (C=O) groups is 2. The molecule has 0 saturated heterocycles. The molecule has 2 heterocycles. The standard InChI is InChI=1S/C21H21N5O5/c27-17(13-3-1-2-4-14(13)19(29)30)24-20-22-15-16(23-20)25(9-11-5-6-11)21(31)26(18(15)28)10-12-7-8-12/h1-4,11-12H,5-10H2,(H,29,30)(H2,22,23,24,27). The number of carboxylic acid groups (broad SMARTS) is 1. The van der Waals surface area contributed by atoms with Crippen LogP contribution in [0.1, 0.15) is 46.4 Å². The molecule has 0 radical (unpaired) electrons. The number of amides is 1. The first-order valence-corrected chi connectivity index (χ1v) is 10.3. The Morgan fingerprint density at radius 2 is 1.65 bits per heavy atom. The Balaban J connectivity index is 1.55. The van der Waals surface area contributed by atoms with Gasteiger partial charge in [-0.1, -0.05) is 12.1 Å². The zero-order chi connectivity index (χ0) is 21.7. The number of aromatic amines is 1. The van der Waals surface area contributed by atoms with Crippen molar-refractivity contribution < 1.29 is 14.7 Å². The highest BCUT2D eigenvalue weighted by atomic mass is 16.4. The van der Waals surface area contributed by atoms with Crippen LogP contribution in [0.5, 0.6) is 0 Å². The van der Waals surface area contributed by atoms with Crippen molar-refractivity contribution in [2.75, 3.05) is 5.32 Å². The SMILES string of the molecule is O=C(O)c1ccccc1C(=O)Nc1nc2c([nH]1)c(=O)n(CC1CC1)c(=O)n2CC1CC1. The van der Waals surface area contributed by atoms with Gasteiger partial charge in [0.05, 0.1) is 11.1 Å². The van der Waals surface area contributed by atoms with Gasteiger partial charge in [0, 0.05) is 13.1 Å². The highest BCUT2D eigenvalue weighted by Crippen LogP contribution is 2.31. The first-order chi connectivity index (χ1) is 14.9. The number of carboxylic acids is 1. The third-order valence-corrected chi connectivity index (χ3v) is 5.77. The van der Waals surface area contributed by atoms with Crippen LogP contribution < -0.4 is 16.6 Å². The van der Waals surface area contributed by atoms with Crippen LogP contribution in [0.25, 0.3) is 11.2 Å². The van der Waals surface area contributed by atoms with Gasteiger partial charge in [0.2, 0.25) is 5.95 Å². The Labute approximate surface area is 175 Å². The van der Waals surface area contributed by atoms with Crippen LogP contribution in [0.4, 0.5) is 5.95 Å². The first kappa shape index (κ1) is 19.3. The number of hydrogen-bond acceptors (Lipinski definition) is 5. The molecule has 1 amide bonds. The van der Waals surface area contributed by atoms with E-state index >= 15 is 0 Å². The van der Waals surface area contributed by atoms with Crippen LogP contribution in [0.2, 0.25) is 0 Å². The predicted molar refractivity (Wildman–Crippen MR) is 111 cm³/mol. The number of carbonyl (C=O) groups excluding carboxylic acids is 1. The van der Waals surface area contributed by atoms with Gasteiger partial charge in [-0.05, 0) is 49.7 Å². The van der Waals surface area contributed by atoms with Gasteiger partial charge in [-0.3, -0.25) is 24.0 Å². The first-order valence-electron chi connectivity index (χ1n) is 10.3. The molecule has 5 rings (SSSR count). The highest BCUT2D eigenvalue weighted by Gasteiger charge is 2.29. The molecule has 2 aliphatic carbocycles. The van der Waals surface area contributed by atoms with E-state index in [0.29, 0.717) is 24.9 Å². The van der Waals surface area contributed by atoms with Crippen LogP contribution >= 0.6 is 0 Å². The van der Waals surface area contributed by atoms with Crippen LogP contribution in [0.15, 0.2) is 33.9 Å². The minimum atomic E-state index is -1.23. The summed E-state index contributed by atoms with van der Waals surface area (Å²) in [5, 5.41) is 11.8. The molecule has 3 aromatic rings. The third-order valence-electron chi connectivity index (χ3n) is 5.77. The van der Waals surface area contributed by atoms with Crippen molar-refractivity contribution in [3.8, 4) is 0 Å². The average Bonchev–Trinajstić information content (AvgIpc) is 3.68. The Bertz CT molecular complexity index is 1330. The fourth-order valence-corrected chi connectivity index (χ4v) is 3.71. The number of imidazole rings is 1. The number of fused-ring (bicyclic) bond motifs is 1. The largest absolute Gasteiger partial charge is 0.478 e. The lowest BCUT2D eigenvalue weighted by Gasteiger charge is -2.10. The molecule has 1 aromatic carbocycles. The third kappa shape index (κ3) is 3.65. The molecular formula is C21H21N5O5. The quantitative estimate of drug-likeness (QED) is 0.528. The van der Waals surface area contributed by atoms with Gasteiger partial charge in [0.1, 0.15) is 0 Å². The van der Waals surface area contributed by atoms with E-state index in [2.05, 4.69) is 15.3 Å². The molecule has 10 heteroatoms. The maximum absolute atomic E-state index is 13.0. The number of nitrogens with zero attached hydrogens (tertiary/aromatic N) is 3. The predicted octanol–water partition coefficient (Wildman–Crippen LogP) is 1.66. The van der Waals surface area contributed by atoms with E-state index < -0.39 is 17.4 Å². The summed E-state index contributed by atoms with van der Waals surface area (Å²) in [7, 11) is 0. The van der Waals surface area contributed by atoms with Crippen molar-refractivity contribution in [2.24, 2.45) is 11.8 Å². The van der Waals surface area contributed by atoms with Gasteiger partial charge in [-0.2, -0.15) is 4.98 Å². The average molecular weight is 423 g/mol. The second-order valence-corrected chi connectivity index (χ2v) is 8.28. The van der Waals surface area contributed by atoms with E-state index in [-0.39, 0.29) is 33.9 Å². The smallest absolute Gasteiger partial charge is 0.336 e. The van der Waals surface area contributed by atoms with Crippen LogP contribution in [0.3, 0.4) is 0 Å². The van der Waals surface area contributed by atoms with E-state index in [1.807, 2.05) is 0 Å². The number of hydrogen-bond donors (Lipinski definition) is 3. The molecule has 0 unspecified atom stereocenters. The highest BCUT2D eigenvalue weighted by molar-refractivity contribution is 6.10. The summed E-state index contributed by atoms with van der Waals surface area (Å²) in [5.41, 5.74) is -0.654. The van der Waals surface area contributed by atoms with Gasteiger partial charge < -0.3 is 10.1 Å². The minimum Gasteiger partial charge on any atom is -0.478 e. The van der Waals surface area contributed by atoms with Crippen molar-refractivity contribution in [1.29, 1.82) is 0 Å². The lowest BCUT2D eigenvalue weighted by atomic mass is 10.1. The van der Waals surface area contributed by atoms with Crippen molar-refractivity contribution in [1.82, 2.24) is 19.1 Å². The van der Waals surface area contributed by atoms with E-state index in [1.54, 1.807) is 6.07 Å². The van der Waals surface area contributed by atoms with E-state index in [0.717, 1.165) is 25.7 Å². The lowest BCUT2D eigenvalue weighted by Crippen LogP contribution is -2.41. The summed E-state index contributed by atoms with van der Waals surface area (Å²) >= 11 is 0. The van der Waals surface area contributed by atoms with E-state index in [4.69, 9.17) is 0 Å². The number of aromatic carboxylic acids is 1. The van der Waals surface area contributed by atoms with Crippen molar-refractivity contribution in [2.45, 2.75) is 38.8 Å². The summed E-state index contributed by atoms with van der Waals surface area (Å²) in [6.07, 6.45) is 4.05. The molecule has 31 heavy (non-hydrogen) atoms. The number of anilines is 1. The van der Waals surface area contributed by atoms with Crippen LogP contribution in [-0.2, 0) is 13.1 Å². The topological polar surface area (TPSA) is 139 Å². The summed E-state index contributed by atoms with van der Waals surface area (Å²) in [4.78, 5) is 57.2. The van der Waals surface area contributed by atoms with Gasteiger partial charge in [0.25, 0.3) is 11.5 Å². The molecule has 0 bridgehead atoms.